The minimum absolute atomic E-state index is 0.0702. The molecule has 0 unspecified atom stereocenters. The van der Waals surface area contributed by atoms with Gasteiger partial charge in [-0.3, -0.25) is 4.79 Å². The Morgan fingerprint density at radius 1 is 1.27 bits per heavy atom. The van der Waals surface area contributed by atoms with Gasteiger partial charge >= 0.3 is 5.97 Å². The van der Waals surface area contributed by atoms with E-state index in [0.29, 0.717) is 22.4 Å². The highest BCUT2D eigenvalue weighted by Crippen LogP contribution is 2.34. The van der Waals surface area contributed by atoms with Crippen LogP contribution in [-0.4, -0.2) is 29.6 Å². The Labute approximate surface area is 165 Å². The number of esters is 1. The second kappa shape index (κ2) is 8.24. The van der Waals surface area contributed by atoms with Crippen molar-refractivity contribution < 1.29 is 9.53 Å². The number of thioether (sulfide) groups is 1. The standard InChI is InChI=1S/C18H18ClN3O2S2/c1-10-11(2)26-18-16(10)17(20-8-15(23)24-3)21-14(22-18)9-25-13-6-4-12(19)5-7-13/h4-7H,8-9H2,1-3H3,(H,20,21,22). The van der Waals surface area contributed by atoms with Crippen LogP contribution >= 0.6 is 34.7 Å². The molecule has 3 rings (SSSR count). The van der Waals surface area contributed by atoms with Crippen LogP contribution in [0.3, 0.4) is 0 Å². The Balaban J connectivity index is 1.87. The molecule has 3 aromatic rings. The van der Waals surface area contributed by atoms with Gasteiger partial charge in [0.1, 0.15) is 23.0 Å². The molecule has 136 valence electrons. The van der Waals surface area contributed by atoms with Gasteiger partial charge in [0.25, 0.3) is 0 Å². The molecule has 8 heteroatoms. The minimum atomic E-state index is -0.335. The number of ether oxygens (including phenoxy) is 1. The Kier molecular flexibility index (Phi) is 6.01. The lowest BCUT2D eigenvalue weighted by Gasteiger charge is -2.09. The molecule has 0 fully saturated rings. The Morgan fingerprint density at radius 2 is 2.00 bits per heavy atom. The molecule has 0 aliphatic heterocycles. The number of thiophene rings is 1. The molecule has 0 amide bonds. The van der Waals surface area contributed by atoms with Gasteiger partial charge in [-0.2, -0.15) is 0 Å². The molecule has 0 aliphatic rings. The molecule has 0 radical (unpaired) electrons. The van der Waals surface area contributed by atoms with Crippen molar-refractivity contribution in [3.8, 4) is 0 Å². The zero-order valence-corrected chi connectivity index (χ0v) is 17.0. The quantitative estimate of drug-likeness (QED) is 0.466. The van der Waals surface area contributed by atoms with Crippen molar-refractivity contribution in [3.63, 3.8) is 0 Å². The maximum absolute atomic E-state index is 11.5. The van der Waals surface area contributed by atoms with Gasteiger partial charge in [0.2, 0.25) is 0 Å². The number of hydrogen-bond donors (Lipinski definition) is 1. The van der Waals surface area contributed by atoms with Crippen LogP contribution in [0.15, 0.2) is 29.2 Å². The van der Waals surface area contributed by atoms with Crippen LogP contribution in [-0.2, 0) is 15.3 Å². The number of nitrogens with zero attached hydrogens (tertiary/aromatic N) is 2. The molecule has 2 heterocycles. The summed E-state index contributed by atoms with van der Waals surface area (Å²) in [7, 11) is 1.37. The number of hydrogen-bond acceptors (Lipinski definition) is 7. The van der Waals surface area contributed by atoms with Crippen LogP contribution in [0.1, 0.15) is 16.3 Å². The molecule has 2 aromatic heterocycles. The van der Waals surface area contributed by atoms with E-state index in [4.69, 9.17) is 21.3 Å². The van der Waals surface area contributed by atoms with Crippen LogP contribution < -0.4 is 5.32 Å². The molecule has 0 saturated heterocycles. The number of carbonyl (C=O) groups excluding carboxylic acids is 1. The van der Waals surface area contributed by atoms with Crippen molar-refractivity contribution in [2.75, 3.05) is 19.0 Å². The van der Waals surface area contributed by atoms with Gasteiger partial charge in [-0.25, -0.2) is 9.97 Å². The first-order chi connectivity index (χ1) is 12.5. The molecule has 1 N–H and O–H groups in total. The monoisotopic (exact) mass is 407 g/mol. The third-order valence-electron chi connectivity index (χ3n) is 3.88. The summed E-state index contributed by atoms with van der Waals surface area (Å²) in [6, 6.07) is 7.68. The molecule has 0 bridgehead atoms. The fourth-order valence-corrected chi connectivity index (χ4v) is 4.32. The second-order valence-electron chi connectivity index (χ2n) is 5.62. The molecule has 1 aromatic carbocycles. The number of rotatable bonds is 6. The highest BCUT2D eigenvalue weighted by Gasteiger charge is 2.15. The fraction of sp³-hybridized carbons (Fsp3) is 0.278. The maximum Gasteiger partial charge on any atom is 0.325 e. The lowest BCUT2D eigenvalue weighted by atomic mass is 10.2. The highest BCUT2D eigenvalue weighted by atomic mass is 35.5. The molecular formula is C18H18ClN3O2S2. The van der Waals surface area contributed by atoms with Crippen LogP contribution in [0.4, 0.5) is 5.82 Å². The average molecular weight is 408 g/mol. The Morgan fingerprint density at radius 3 is 2.69 bits per heavy atom. The summed E-state index contributed by atoms with van der Waals surface area (Å²) in [5.41, 5.74) is 1.13. The minimum Gasteiger partial charge on any atom is -0.468 e. The SMILES string of the molecule is COC(=O)CNc1nc(CSc2ccc(Cl)cc2)nc2sc(C)c(C)c12. The largest absolute Gasteiger partial charge is 0.468 e. The van der Waals surface area contributed by atoms with Crippen LogP contribution in [0.2, 0.25) is 5.02 Å². The van der Waals surface area contributed by atoms with E-state index in [-0.39, 0.29) is 12.5 Å². The Bertz CT molecular complexity index is 942. The number of fused-ring (bicyclic) bond motifs is 1. The summed E-state index contributed by atoms with van der Waals surface area (Å²) in [6.07, 6.45) is 0. The number of carbonyl (C=O) groups is 1. The summed E-state index contributed by atoms with van der Waals surface area (Å²) in [4.78, 5) is 24.1. The first kappa shape index (κ1) is 18.9. The van der Waals surface area contributed by atoms with Crippen molar-refractivity contribution >= 4 is 56.7 Å². The molecular weight excluding hydrogens is 390 g/mol. The van der Waals surface area contributed by atoms with Crippen molar-refractivity contribution in [3.05, 3.63) is 45.6 Å². The highest BCUT2D eigenvalue weighted by molar-refractivity contribution is 7.98. The second-order valence-corrected chi connectivity index (χ2v) is 8.31. The zero-order chi connectivity index (χ0) is 18.7. The number of aryl methyl sites for hydroxylation is 2. The van der Waals surface area contributed by atoms with E-state index in [9.17, 15) is 4.79 Å². The van der Waals surface area contributed by atoms with Crippen molar-refractivity contribution in [1.29, 1.82) is 0 Å². The van der Waals surface area contributed by atoms with Crippen molar-refractivity contribution in [1.82, 2.24) is 9.97 Å². The van der Waals surface area contributed by atoms with Gasteiger partial charge in [0.05, 0.1) is 18.2 Å². The topological polar surface area (TPSA) is 64.1 Å². The molecule has 0 saturated carbocycles. The molecule has 0 atom stereocenters. The van der Waals surface area contributed by atoms with E-state index >= 15 is 0 Å². The number of aromatic nitrogens is 2. The molecule has 0 aliphatic carbocycles. The number of benzene rings is 1. The predicted molar refractivity (Wildman–Crippen MR) is 108 cm³/mol. The van der Waals surface area contributed by atoms with E-state index in [1.54, 1.807) is 23.1 Å². The number of nitrogens with one attached hydrogen (secondary N) is 1. The first-order valence-electron chi connectivity index (χ1n) is 7.93. The van der Waals surface area contributed by atoms with Crippen molar-refractivity contribution in [2.45, 2.75) is 24.5 Å². The van der Waals surface area contributed by atoms with Gasteiger partial charge in [-0.05, 0) is 43.7 Å². The normalized spacial score (nSPS) is 10.9. The molecule has 26 heavy (non-hydrogen) atoms. The van der Waals surface area contributed by atoms with Crippen LogP contribution in [0.5, 0.6) is 0 Å². The summed E-state index contributed by atoms with van der Waals surface area (Å²) in [5.74, 6) is 1.68. The zero-order valence-electron chi connectivity index (χ0n) is 14.6. The van der Waals surface area contributed by atoms with Crippen molar-refractivity contribution in [2.24, 2.45) is 0 Å². The van der Waals surface area contributed by atoms with E-state index in [1.165, 1.54) is 12.0 Å². The maximum atomic E-state index is 11.5. The predicted octanol–water partition coefficient (Wildman–Crippen LogP) is 4.84. The first-order valence-corrected chi connectivity index (χ1v) is 10.1. The van der Waals surface area contributed by atoms with Gasteiger partial charge in [-0.1, -0.05) is 11.6 Å². The number of methoxy groups -OCH3 is 1. The van der Waals surface area contributed by atoms with Crippen LogP contribution in [0.25, 0.3) is 10.2 Å². The molecule has 5 nitrogen and oxygen atoms in total. The number of anilines is 1. The third kappa shape index (κ3) is 4.28. The number of halogens is 1. The Hall–Kier alpha value is -1.83. The van der Waals surface area contributed by atoms with Gasteiger partial charge in [0, 0.05) is 14.8 Å². The average Bonchev–Trinajstić information content (AvgIpc) is 2.93. The lowest BCUT2D eigenvalue weighted by molar-refractivity contribution is -0.138. The van der Waals surface area contributed by atoms with E-state index in [1.807, 2.05) is 31.2 Å². The van der Waals surface area contributed by atoms with Gasteiger partial charge < -0.3 is 10.1 Å². The smallest absolute Gasteiger partial charge is 0.325 e. The summed E-state index contributed by atoms with van der Waals surface area (Å²) < 4.78 is 4.71. The fourth-order valence-electron chi connectivity index (χ4n) is 2.39. The summed E-state index contributed by atoms with van der Waals surface area (Å²) in [5, 5.41) is 4.78. The lowest BCUT2D eigenvalue weighted by Crippen LogP contribution is -2.16. The summed E-state index contributed by atoms with van der Waals surface area (Å²) >= 11 is 9.20. The molecule has 0 spiro atoms. The van der Waals surface area contributed by atoms with Crippen LogP contribution in [0, 0.1) is 13.8 Å². The summed E-state index contributed by atoms with van der Waals surface area (Å²) in [6.45, 7) is 4.18. The van der Waals surface area contributed by atoms with E-state index in [2.05, 4.69) is 17.2 Å². The van der Waals surface area contributed by atoms with Gasteiger partial charge in [0.15, 0.2) is 0 Å². The van der Waals surface area contributed by atoms with Gasteiger partial charge in [-0.15, -0.1) is 23.1 Å². The van der Waals surface area contributed by atoms with E-state index < -0.39 is 0 Å². The van der Waals surface area contributed by atoms with E-state index in [0.717, 1.165) is 20.7 Å². The third-order valence-corrected chi connectivity index (χ3v) is 6.25.